The van der Waals surface area contributed by atoms with E-state index in [2.05, 4.69) is 9.97 Å². The molecule has 0 spiro atoms. The third-order valence-corrected chi connectivity index (χ3v) is 7.47. The summed E-state index contributed by atoms with van der Waals surface area (Å²) in [7, 11) is -0.915. The fourth-order valence-corrected chi connectivity index (χ4v) is 5.35. The monoisotopic (exact) mass is 536 g/mol. The highest BCUT2D eigenvalue weighted by Gasteiger charge is 2.37. The van der Waals surface area contributed by atoms with E-state index in [1.54, 1.807) is 31.3 Å². The molecule has 0 amide bonds. The molecule has 13 heteroatoms. The maximum Gasteiger partial charge on any atom is 0.416 e. The predicted octanol–water partition coefficient (Wildman–Crippen LogP) is 4.05. The Bertz CT molecular complexity index is 1430. The number of hydrogen-bond acceptors (Lipinski definition) is 7. The number of carboxylic acid groups (broad SMARTS) is 1. The van der Waals surface area contributed by atoms with Gasteiger partial charge in [-0.2, -0.15) is 13.2 Å². The minimum absolute atomic E-state index is 0.00148. The Labute approximate surface area is 211 Å². The van der Waals surface area contributed by atoms with Gasteiger partial charge in [-0.25, -0.2) is 13.4 Å². The van der Waals surface area contributed by atoms with Gasteiger partial charge in [0.05, 0.1) is 40.8 Å². The Kier molecular flexibility index (Phi) is 7.00. The third-order valence-electron chi connectivity index (χ3n) is 5.70. The Hall–Kier alpha value is -3.87. The van der Waals surface area contributed by atoms with Crippen LogP contribution < -0.4 is 13.9 Å². The normalized spacial score (nSPS) is 15.6. The third kappa shape index (κ3) is 5.61. The topological polar surface area (TPSA) is 113 Å². The number of benzene rings is 2. The second kappa shape index (κ2) is 9.88. The zero-order valence-corrected chi connectivity index (χ0v) is 20.6. The fraction of sp³-hybridized carbons (Fsp3) is 0.292. The molecule has 0 saturated heterocycles. The summed E-state index contributed by atoms with van der Waals surface area (Å²) in [6, 6.07) is 8.16. The van der Waals surface area contributed by atoms with E-state index in [0.29, 0.717) is 23.1 Å². The van der Waals surface area contributed by atoms with Crippen molar-refractivity contribution in [1.82, 2.24) is 9.97 Å². The van der Waals surface area contributed by atoms with Crippen molar-refractivity contribution < 1.29 is 36.2 Å². The second-order valence-corrected chi connectivity index (χ2v) is 10.4. The first-order chi connectivity index (χ1) is 17.4. The Morgan fingerprint density at radius 1 is 1.19 bits per heavy atom. The van der Waals surface area contributed by atoms with Crippen LogP contribution in [0.15, 0.2) is 59.8 Å². The molecule has 0 radical (unpaired) electrons. The summed E-state index contributed by atoms with van der Waals surface area (Å²) in [5, 5.41) is 9.06. The fourth-order valence-electron chi connectivity index (χ4n) is 3.80. The van der Waals surface area contributed by atoms with Crippen molar-refractivity contribution in [3.63, 3.8) is 0 Å². The van der Waals surface area contributed by atoms with Gasteiger partial charge in [-0.1, -0.05) is 6.07 Å². The van der Waals surface area contributed by atoms with E-state index in [4.69, 9.17) is 9.84 Å². The maximum atomic E-state index is 13.7. The van der Waals surface area contributed by atoms with Crippen LogP contribution in [0.3, 0.4) is 0 Å². The highest BCUT2D eigenvalue weighted by atomic mass is 32.2. The lowest BCUT2D eigenvalue weighted by molar-refractivity contribution is -0.138. The zero-order chi connectivity index (χ0) is 27.0. The molecule has 2 aromatic carbocycles. The first kappa shape index (κ1) is 26.2. The van der Waals surface area contributed by atoms with Crippen molar-refractivity contribution in [1.29, 1.82) is 0 Å². The van der Waals surface area contributed by atoms with Gasteiger partial charge in [-0.05, 0) is 42.8 Å². The number of hydrogen-bond donors (Lipinski definition) is 1. The number of aromatic nitrogens is 2. The van der Waals surface area contributed by atoms with Crippen LogP contribution in [0.2, 0.25) is 0 Å². The van der Waals surface area contributed by atoms with Crippen molar-refractivity contribution in [2.45, 2.75) is 30.0 Å². The summed E-state index contributed by atoms with van der Waals surface area (Å²) in [4.78, 5) is 21.0. The molecule has 1 aromatic heterocycles. The van der Waals surface area contributed by atoms with Crippen LogP contribution in [0.25, 0.3) is 11.3 Å². The number of nitrogens with zero attached hydrogens (tertiary/aromatic N) is 4. The molecule has 0 fully saturated rings. The van der Waals surface area contributed by atoms with E-state index in [1.165, 1.54) is 18.3 Å². The van der Waals surface area contributed by atoms with Gasteiger partial charge in [0.15, 0.2) is 0 Å². The molecular weight excluding hydrogens is 513 g/mol. The van der Waals surface area contributed by atoms with Gasteiger partial charge in [0.2, 0.25) is 0 Å². The molecule has 0 bridgehead atoms. The highest BCUT2D eigenvalue weighted by molar-refractivity contribution is 7.92. The van der Waals surface area contributed by atoms with E-state index in [0.717, 1.165) is 22.5 Å². The number of halogens is 3. The number of rotatable bonds is 7. The van der Waals surface area contributed by atoms with Crippen LogP contribution in [-0.4, -0.2) is 56.2 Å². The van der Waals surface area contributed by atoms with E-state index in [9.17, 15) is 26.4 Å². The summed E-state index contributed by atoms with van der Waals surface area (Å²) >= 11 is 0. The number of aliphatic carboxylic acids is 1. The van der Waals surface area contributed by atoms with Crippen LogP contribution in [0.4, 0.5) is 24.7 Å². The number of anilines is 2. The molecule has 1 aliphatic heterocycles. The van der Waals surface area contributed by atoms with Gasteiger partial charge in [0.1, 0.15) is 17.7 Å². The molecule has 0 unspecified atom stereocenters. The minimum atomic E-state index is -4.73. The van der Waals surface area contributed by atoms with Crippen LogP contribution in [0.1, 0.15) is 18.4 Å². The van der Waals surface area contributed by atoms with Gasteiger partial charge in [-0.3, -0.25) is 14.1 Å². The van der Waals surface area contributed by atoms with Gasteiger partial charge >= 0.3 is 12.1 Å². The molecular formula is C24H23F3N4O5S. The van der Waals surface area contributed by atoms with Gasteiger partial charge in [-0.15, -0.1) is 0 Å². The van der Waals surface area contributed by atoms with Crippen molar-refractivity contribution in [3.05, 3.63) is 60.4 Å². The predicted molar refractivity (Wildman–Crippen MR) is 129 cm³/mol. The smallest absolute Gasteiger partial charge is 0.416 e. The van der Waals surface area contributed by atoms with Crippen molar-refractivity contribution >= 4 is 27.5 Å². The largest absolute Gasteiger partial charge is 0.486 e. The molecule has 196 valence electrons. The van der Waals surface area contributed by atoms with E-state index in [-0.39, 0.29) is 30.8 Å². The van der Waals surface area contributed by atoms with E-state index < -0.39 is 38.7 Å². The summed E-state index contributed by atoms with van der Waals surface area (Å²) < 4.78 is 74.1. The molecule has 0 aliphatic carbocycles. The second-order valence-electron chi connectivity index (χ2n) is 8.57. The Morgan fingerprint density at radius 3 is 2.62 bits per heavy atom. The van der Waals surface area contributed by atoms with Crippen LogP contribution in [0.5, 0.6) is 5.75 Å². The molecule has 0 saturated carbocycles. The van der Waals surface area contributed by atoms with Gasteiger partial charge in [0.25, 0.3) is 10.0 Å². The molecule has 1 atom stereocenters. The molecule has 1 N–H and O–H groups in total. The summed E-state index contributed by atoms with van der Waals surface area (Å²) in [6.07, 6.45) is -2.78. The Morgan fingerprint density at radius 2 is 1.95 bits per heavy atom. The van der Waals surface area contributed by atoms with Crippen molar-refractivity contribution in [2.24, 2.45) is 0 Å². The number of alkyl halides is 3. The molecule has 37 heavy (non-hydrogen) atoms. The van der Waals surface area contributed by atoms with Crippen LogP contribution >= 0.6 is 0 Å². The molecule has 9 nitrogen and oxygen atoms in total. The lowest BCUT2D eigenvalue weighted by Gasteiger charge is -2.35. The van der Waals surface area contributed by atoms with Crippen LogP contribution in [-0.2, 0) is 21.0 Å². The average molecular weight is 537 g/mol. The number of carbonyl (C=O) groups is 1. The maximum absolute atomic E-state index is 13.7. The molecule has 3 aromatic rings. The van der Waals surface area contributed by atoms with E-state index in [1.807, 2.05) is 0 Å². The van der Waals surface area contributed by atoms with Gasteiger partial charge < -0.3 is 14.7 Å². The Balaban J connectivity index is 1.81. The molecule has 1 aliphatic rings. The summed E-state index contributed by atoms with van der Waals surface area (Å²) in [5.74, 6) is -0.373. The number of ether oxygens (including phenoxy) is 1. The first-order valence-electron chi connectivity index (χ1n) is 11.1. The lowest BCUT2D eigenvalue weighted by atomic mass is 10.1. The standard InChI is InChI=1S/C24H23F3N4O5S/c1-30(2)22-13-28-12-19(29-22)15-6-8-21-20(10-15)31(14-17(36-21)7-9-23(32)33)37(34,35)18-5-3-4-16(11-18)24(25,26)27/h3-6,8,10-13,17H,7,9,14H2,1-2H3,(H,32,33)/t17-/m0/s1. The van der Waals surface area contributed by atoms with E-state index >= 15 is 0 Å². The highest BCUT2D eigenvalue weighted by Crippen LogP contribution is 2.41. The number of fused-ring (bicyclic) bond motifs is 1. The minimum Gasteiger partial charge on any atom is -0.486 e. The average Bonchev–Trinajstić information content (AvgIpc) is 2.86. The summed E-state index contributed by atoms with van der Waals surface area (Å²) in [5.41, 5.74) is -0.0576. The van der Waals surface area contributed by atoms with Crippen molar-refractivity contribution in [2.75, 3.05) is 29.8 Å². The number of sulfonamides is 1. The van der Waals surface area contributed by atoms with Crippen molar-refractivity contribution in [3.8, 4) is 17.0 Å². The number of carboxylic acids is 1. The van der Waals surface area contributed by atoms with Crippen LogP contribution in [0, 0.1) is 0 Å². The lowest BCUT2D eigenvalue weighted by Crippen LogP contribution is -2.43. The zero-order valence-electron chi connectivity index (χ0n) is 19.8. The van der Waals surface area contributed by atoms with Gasteiger partial charge in [0, 0.05) is 26.1 Å². The quantitative estimate of drug-likeness (QED) is 0.481. The molecule has 4 rings (SSSR count). The first-order valence-corrected chi connectivity index (χ1v) is 12.5. The molecule has 2 heterocycles. The SMILES string of the molecule is CN(C)c1cncc(-c2ccc3c(c2)N(S(=O)(=O)c2cccc(C(F)(F)F)c2)C[C@H](CCC(=O)O)O3)n1. The summed E-state index contributed by atoms with van der Waals surface area (Å²) in [6.45, 7) is -0.286.